The molecule has 0 bridgehead atoms. The van der Waals surface area contributed by atoms with Crippen molar-refractivity contribution < 1.29 is 110 Å². The maximum atomic E-state index is 10.4. The van der Waals surface area contributed by atoms with Crippen molar-refractivity contribution in [1.82, 2.24) is 0 Å². The first-order chi connectivity index (χ1) is 7.34. The van der Waals surface area contributed by atoms with Gasteiger partial charge in [0.05, 0.1) is 0 Å². The van der Waals surface area contributed by atoms with E-state index in [0.29, 0.717) is 0 Å². The Morgan fingerprint density at radius 3 is 1.21 bits per heavy atom. The summed E-state index contributed by atoms with van der Waals surface area (Å²) in [5.41, 5.74) is 0. The maximum absolute atomic E-state index is 10.4. The Morgan fingerprint density at radius 1 is 0.737 bits per heavy atom. The molecule has 0 unspecified atom stereocenters. The quantitative estimate of drug-likeness (QED) is 0.202. The summed E-state index contributed by atoms with van der Waals surface area (Å²) in [5, 5.41) is 29.7. The van der Waals surface area contributed by atoms with E-state index >= 15 is 0 Å². The number of hydrogen-bond acceptors (Lipinski definition) is 11. The van der Waals surface area contributed by atoms with E-state index < -0.39 is 31.2 Å². The molecular formula is C4BLi3O11. The van der Waals surface area contributed by atoms with Crippen molar-refractivity contribution in [1.29, 1.82) is 0 Å². The number of rotatable bonds is 4. The Balaban J connectivity index is -0.000000375. The number of carbonyl (C=O) groups is 4. The Hall–Kier alpha value is -0.383. The van der Waals surface area contributed by atoms with Gasteiger partial charge in [-0.1, -0.05) is 0 Å². The molecule has 0 amide bonds. The molecule has 0 aromatic heterocycles. The molecule has 11 nitrogen and oxygen atoms in total. The molecule has 0 fully saturated rings. The Morgan fingerprint density at radius 2 is 1.00 bits per heavy atom. The molecule has 0 radical (unpaired) electrons. The summed E-state index contributed by atoms with van der Waals surface area (Å²) < 4.78 is 0. The third-order valence-electron chi connectivity index (χ3n) is 0.738. The van der Waals surface area contributed by atoms with Gasteiger partial charge in [-0.25, -0.2) is 19.2 Å². The van der Waals surface area contributed by atoms with Gasteiger partial charge in [0.15, 0.2) is 11.9 Å². The molecule has 0 heterocycles. The minimum Gasteiger partial charge on any atom is -0.826 e. The van der Waals surface area contributed by atoms with Gasteiger partial charge in [0.1, 0.15) is 0 Å². The van der Waals surface area contributed by atoms with Crippen molar-refractivity contribution in [3.63, 3.8) is 0 Å². The molecule has 0 atom stereocenters. The minimum atomic E-state index is -2.80. The summed E-state index contributed by atoms with van der Waals surface area (Å²) in [6.07, 6.45) is 0. The van der Waals surface area contributed by atoms with Crippen molar-refractivity contribution >= 4 is 31.2 Å². The molecule has 15 heteroatoms. The minimum absolute atomic E-state index is 0. The molecule has 19 heavy (non-hydrogen) atoms. The van der Waals surface area contributed by atoms with E-state index in [-0.39, 0.29) is 56.6 Å². The molecule has 0 aromatic rings. The summed E-state index contributed by atoms with van der Waals surface area (Å²) in [5.74, 6) is -8.70. The van der Waals surface area contributed by atoms with Gasteiger partial charge in [-0.05, 0) is 0 Å². The summed E-state index contributed by atoms with van der Waals surface area (Å²) >= 11 is 0. The fourth-order valence-electron chi connectivity index (χ4n) is 0.250. The molecule has 0 saturated heterocycles. The van der Waals surface area contributed by atoms with E-state index in [1.54, 1.807) is 0 Å². The van der Waals surface area contributed by atoms with Crippen LogP contribution in [0.1, 0.15) is 0 Å². The normalized spacial score (nSPS) is 7.63. The smallest absolute Gasteiger partial charge is 0.826 e. The van der Waals surface area contributed by atoms with Gasteiger partial charge in [0.2, 0.25) is 0 Å². The molecule has 0 aliphatic rings. The van der Waals surface area contributed by atoms with E-state index in [4.69, 9.17) is 0 Å². The second-order valence-corrected chi connectivity index (χ2v) is 1.80. The fourth-order valence-corrected chi connectivity index (χ4v) is 0.250. The van der Waals surface area contributed by atoms with E-state index in [9.17, 15) is 34.4 Å². The van der Waals surface area contributed by atoms with Crippen molar-refractivity contribution in [2.45, 2.75) is 0 Å². The average Bonchev–Trinajstić information content (AvgIpc) is 2.21. The number of carboxylic acid groups (broad SMARTS) is 2. The van der Waals surface area contributed by atoms with Gasteiger partial charge in [0.25, 0.3) is 0 Å². The third kappa shape index (κ3) is 13.8. The van der Waals surface area contributed by atoms with E-state index in [0.717, 1.165) is 0 Å². The SMILES string of the molecule is O=C([O-])C(=O)OOB([O-])OOC(=O)C(=O)[O-].[Li+].[Li+].[Li+]. The number of carboxylic acids is 2. The molecule has 0 N–H and O–H groups in total. The zero-order valence-corrected chi connectivity index (χ0v) is 10.1. The predicted octanol–water partition coefficient (Wildman–Crippen LogP) is -15.2. The monoisotopic (exact) mass is 256 g/mol. The number of carbonyl (C=O) groups excluding carboxylic acids is 4. The molecule has 0 rings (SSSR count). The van der Waals surface area contributed by atoms with Gasteiger partial charge in [0, 0.05) is 0 Å². The first-order valence-electron chi connectivity index (χ1n) is 3.17. The van der Waals surface area contributed by atoms with Crippen LogP contribution in [-0.2, 0) is 38.6 Å². The van der Waals surface area contributed by atoms with Crippen molar-refractivity contribution in [2.24, 2.45) is 0 Å². The Bertz CT molecular complexity index is 291. The van der Waals surface area contributed by atoms with Crippen LogP contribution in [0.15, 0.2) is 0 Å². The Labute approximate surface area is 141 Å². The van der Waals surface area contributed by atoms with Crippen LogP contribution in [-0.4, -0.2) is 31.2 Å². The van der Waals surface area contributed by atoms with Gasteiger partial charge < -0.3 is 34.6 Å². The van der Waals surface area contributed by atoms with Crippen LogP contribution < -0.4 is 71.8 Å². The molecule has 0 spiro atoms. The van der Waals surface area contributed by atoms with E-state index in [1.807, 2.05) is 0 Å². The zero-order chi connectivity index (χ0) is 12.7. The average molecular weight is 256 g/mol. The summed E-state index contributed by atoms with van der Waals surface area (Å²) in [6.45, 7) is 0. The topological polar surface area (TPSA) is 174 Å². The second-order valence-electron chi connectivity index (χ2n) is 1.80. The third-order valence-corrected chi connectivity index (χ3v) is 0.738. The largest absolute Gasteiger partial charge is 1.00 e. The maximum Gasteiger partial charge on any atom is 1.00 e. The van der Waals surface area contributed by atoms with Gasteiger partial charge in [-0.3, -0.25) is 0 Å². The summed E-state index contributed by atoms with van der Waals surface area (Å²) in [4.78, 5) is 52.8. The van der Waals surface area contributed by atoms with Gasteiger partial charge >= 0.3 is 75.8 Å². The number of hydrogen-bond donors (Lipinski definition) is 0. The molecule has 0 aliphatic heterocycles. The van der Waals surface area contributed by atoms with Gasteiger partial charge in [-0.15, -0.1) is 0 Å². The first kappa shape index (κ1) is 27.0. The summed E-state index contributed by atoms with van der Waals surface area (Å²) in [6, 6.07) is 0. The van der Waals surface area contributed by atoms with Gasteiger partial charge in [-0.2, -0.15) is 0 Å². The predicted molar refractivity (Wildman–Crippen MR) is 30.1 cm³/mol. The standard InChI is InChI=1S/C4H2BO11.3Li/c6-1(7)3(10)13-15-5(12)16-14-4(11)2(8)9;;;/h(H,6,7)(H,8,9);;;/q-1;3*+1/p-2. The first-order valence-corrected chi connectivity index (χ1v) is 3.17. The zero-order valence-electron chi connectivity index (χ0n) is 10.1. The molecule has 0 aliphatic carbocycles. The number of aliphatic carboxylic acids is 2. The van der Waals surface area contributed by atoms with Crippen LogP contribution in [0.4, 0.5) is 0 Å². The molecular weight excluding hydrogens is 256 g/mol. The molecule has 0 aromatic carbocycles. The molecule has 0 saturated carbocycles. The van der Waals surface area contributed by atoms with Crippen molar-refractivity contribution in [3.05, 3.63) is 0 Å². The van der Waals surface area contributed by atoms with Crippen molar-refractivity contribution in [2.75, 3.05) is 0 Å². The van der Waals surface area contributed by atoms with Crippen LogP contribution in [0.25, 0.3) is 0 Å². The molecule has 88 valence electrons. The second kappa shape index (κ2) is 14.0. The van der Waals surface area contributed by atoms with E-state index in [1.165, 1.54) is 0 Å². The van der Waals surface area contributed by atoms with Crippen LogP contribution in [0.2, 0.25) is 0 Å². The van der Waals surface area contributed by atoms with Crippen LogP contribution in [0, 0.1) is 0 Å². The summed E-state index contributed by atoms with van der Waals surface area (Å²) in [7, 11) is -2.80. The van der Waals surface area contributed by atoms with Crippen LogP contribution in [0.5, 0.6) is 0 Å². The van der Waals surface area contributed by atoms with Crippen molar-refractivity contribution in [3.8, 4) is 0 Å². The fraction of sp³-hybridized carbons (Fsp3) is 0. The van der Waals surface area contributed by atoms with Crippen LogP contribution in [0.3, 0.4) is 0 Å². The van der Waals surface area contributed by atoms with E-state index in [2.05, 4.69) is 19.4 Å². The van der Waals surface area contributed by atoms with Crippen LogP contribution >= 0.6 is 0 Å². The Kier molecular flexibility index (Phi) is 20.0.